The van der Waals surface area contributed by atoms with E-state index in [1.165, 1.54) is 92.5 Å². The molecule has 0 aliphatic rings. The van der Waals surface area contributed by atoms with Gasteiger partial charge in [-0.05, 0) is 124 Å². The average Bonchev–Trinajstić information content (AvgIpc) is 3.16. The Bertz CT molecular complexity index is 2820. The molecule has 1 heterocycles. The maximum Gasteiger partial charge on any atom is 0.0346 e. The first kappa shape index (κ1) is 28.9. The molecule has 0 aliphatic carbocycles. The van der Waals surface area contributed by atoms with Crippen molar-refractivity contribution < 1.29 is 0 Å². The van der Waals surface area contributed by atoms with Crippen molar-refractivity contribution in [2.75, 3.05) is 0 Å². The molecule has 1 nitrogen and oxygen atoms in total. The molecule has 0 spiro atoms. The van der Waals surface area contributed by atoms with E-state index in [1.54, 1.807) is 0 Å². The van der Waals surface area contributed by atoms with Crippen LogP contribution in [-0.2, 0) is 0 Å². The van der Waals surface area contributed by atoms with Gasteiger partial charge in [-0.15, -0.1) is 0 Å². The Morgan fingerprint density at radius 2 is 1.22 bits per heavy atom. The molecule has 0 saturated carbocycles. The number of allylic oxidation sites excluding steroid dienone is 5. The van der Waals surface area contributed by atoms with Crippen LogP contribution >= 0.6 is 0 Å². The third-order valence-electron chi connectivity index (χ3n) is 10.0. The van der Waals surface area contributed by atoms with Crippen LogP contribution in [0.1, 0.15) is 12.5 Å². The SMILES string of the molecule is C=CC=CC=C(C)c1c2ccccc2c(-c2ccccc2)c2cc3c4ccc(-c5cccnc5)cc4c4ccc5ccccc5c4c3cc12. The number of benzene rings is 8. The van der Waals surface area contributed by atoms with E-state index in [4.69, 9.17) is 0 Å². The lowest BCUT2D eigenvalue weighted by Gasteiger charge is -2.20. The first-order chi connectivity index (χ1) is 24.2. The van der Waals surface area contributed by atoms with Gasteiger partial charge in [0.2, 0.25) is 0 Å². The van der Waals surface area contributed by atoms with Crippen molar-refractivity contribution in [3.63, 3.8) is 0 Å². The molecule has 0 N–H and O–H groups in total. The summed E-state index contributed by atoms with van der Waals surface area (Å²) < 4.78 is 0. The molecule has 49 heavy (non-hydrogen) atoms. The number of rotatable bonds is 5. The van der Waals surface area contributed by atoms with Crippen LogP contribution in [0.4, 0.5) is 0 Å². The van der Waals surface area contributed by atoms with Crippen LogP contribution in [0.15, 0.2) is 177 Å². The van der Waals surface area contributed by atoms with E-state index in [9.17, 15) is 0 Å². The zero-order chi connectivity index (χ0) is 32.9. The zero-order valence-corrected chi connectivity index (χ0v) is 27.3. The number of aromatic nitrogens is 1. The van der Waals surface area contributed by atoms with Gasteiger partial charge in [-0.1, -0.05) is 140 Å². The molecule has 0 radical (unpaired) electrons. The Hall–Kier alpha value is -6.31. The van der Waals surface area contributed by atoms with Gasteiger partial charge in [0.1, 0.15) is 0 Å². The largest absolute Gasteiger partial charge is 0.264 e. The summed E-state index contributed by atoms with van der Waals surface area (Å²) in [4.78, 5) is 4.42. The van der Waals surface area contributed by atoms with Gasteiger partial charge in [-0.2, -0.15) is 0 Å². The second-order valence-corrected chi connectivity index (χ2v) is 12.8. The third-order valence-corrected chi connectivity index (χ3v) is 10.0. The molecular formula is C48H33N. The summed E-state index contributed by atoms with van der Waals surface area (Å²) in [6.45, 7) is 6.12. The summed E-state index contributed by atoms with van der Waals surface area (Å²) in [5.74, 6) is 0. The predicted molar refractivity (Wildman–Crippen MR) is 213 cm³/mol. The maximum atomic E-state index is 4.42. The molecule has 0 bridgehead atoms. The van der Waals surface area contributed by atoms with E-state index in [-0.39, 0.29) is 0 Å². The van der Waals surface area contributed by atoms with Crippen molar-refractivity contribution >= 4 is 70.2 Å². The Balaban J connectivity index is 1.53. The van der Waals surface area contributed by atoms with Crippen molar-refractivity contribution in [3.05, 3.63) is 182 Å². The molecule has 1 heteroatoms. The molecule has 9 rings (SSSR count). The van der Waals surface area contributed by atoms with E-state index in [2.05, 4.69) is 158 Å². The summed E-state index contributed by atoms with van der Waals surface area (Å²) in [6, 6.07) is 49.2. The highest BCUT2D eigenvalue weighted by Gasteiger charge is 2.20. The third kappa shape index (κ3) is 4.66. The minimum Gasteiger partial charge on any atom is -0.264 e. The topological polar surface area (TPSA) is 12.9 Å². The number of hydrogen-bond acceptors (Lipinski definition) is 1. The van der Waals surface area contributed by atoms with E-state index in [0.29, 0.717) is 0 Å². The number of hydrogen-bond donors (Lipinski definition) is 0. The number of nitrogens with zero attached hydrogens (tertiary/aromatic N) is 1. The lowest BCUT2D eigenvalue weighted by molar-refractivity contribution is 1.33. The van der Waals surface area contributed by atoms with Gasteiger partial charge in [-0.3, -0.25) is 4.98 Å². The van der Waals surface area contributed by atoms with Crippen molar-refractivity contribution in [2.24, 2.45) is 0 Å². The standard InChI is InChI=1S/C48H33N/c1-3-4-6-14-31(2)46-38-20-11-12-21-39(38)47(33-16-7-5-8-17-33)45-28-42-37-24-23-34(35-18-13-26-49-30-35)27-41(37)40-25-22-32-15-9-10-19-36(32)48(40)43(42)29-44(45)46/h3-30H,1H2,2H3. The van der Waals surface area contributed by atoms with Gasteiger partial charge in [0.15, 0.2) is 0 Å². The first-order valence-electron chi connectivity index (χ1n) is 16.8. The number of pyridine rings is 1. The highest BCUT2D eigenvalue weighted by atomic mass is 14.6. The molecule has 230 valence electrons. The average molecular weight is 624 g/mol. The van der Waals surface area contributed by atoms with Crippen molar-refractivity contribution in [1.29, 1.82) is 0 Å². The predicted octanol–water partition coefficient (Wildman–Crippen LogP) is 13.5. The van der Waals surface area contributed by atoms with Crippen molar-refractivity contribution in [3.8, 4) is 22.3 Å². The molecule has 0 fully saturated rings. The molecule has 0 atom stereocenters. The highest BCUT2D eigenvalue weighted by Crippen LogP contribution is 2.47. The fourth-order valence-electron chi connectivity index (χ4n) is 7.86. The quantitative estimate of drug-likeness (QED) is 0.106. The lowest BCUT2D eigenvalue weighted by Crippen LogP contribution is -1.94. The van der Waals surface area contributed by atoms with Crippen LogP contribution in [0, 0.1) is 0 Å². The van der Waals surface area contributed by atoms with Crippen LogP contribution in [0.25, 0.3) is 92.5 Å². The normalized spacial score (nSPS) is 12.3. The summed E-state index contributed by atoms with van der Waals surface area (Å²) >= 11 is 0. The van der Waals surface area contributed by atoms with Crippen LogP contribution < -0.4 is 0 Å². The van der Waals surface area contributed by atoms with Gasteiger partial charge in [-0.25, -0.2) is 0 Å². The Morgan fingerprint density at radius 1 is 0.510 bits per heavy atom. The van der Waals surface area contributed by atoms with Crippen LogP contribution in [-0.4, -0.2) is 4.98 Å². The molecule has 0 unspecified atom stereocenters. The van der Waals surface area contributed by atoms with E-state index >= 15 is 0 Å². The second-order valence-electron chi connectivity index (χ2n) is 12.8. The smallest absolute Gasteiger partial charge is 0.0346 e. The summed E-state index contributed by atoms with van der Waals surface area (Å²) in [6.07, 6.45) is 11.9. The molecular weight excluding hydrogens is 591 g/mol. The van der Waals surface area contributed by atoms with Gasteiger partial charge < -0.3 is 0 Å². The minimum atomic E-state index is 1.12. The highest BCUT2D eigenvalue weighted by molar-refractivity contribution is 6.34. The van der Waals surface area contributed by atoms with Crippen LogP contribution in [0.5, 0.6) is 0 Å². The lowest BCUT2D eigenvalue weighted by atomic mass is 9.83. The first-order valence-corrected chi connectivity index (χ1v) is 16.8. The minimum absolute atomic E-state index is 1.12. The van der Waals surface area contributed by atoms with Gasteiger partial charge in [0.05, 0.1) is 0 Å². The molecule has 8 aromatic carbocycles. The molecule has 0 amide bonds. The van der Waals surface area contributed by atoms with Gasteiger partial charge >= 0.3 is 0 Å². The van der Waals surface area contributed by atoms with Crippen LogP contribution in [0.3, 0.4) is 0 Å². The molecule has 0 saturated heterocycles. The van der Waals surface area contributed by atoms with E-state index in [1.807, 2.05) is 30.6 Å². The van der Waals surface area contributed by atoms with Crippen molar-refractivity contribution in [1.82, 2.24) is 4.98 Å². The summed E-state index contributed by atoms with van der Waals surface area (Å²) in [5, 5.41) is 15.1. The summed E-state index contributed by atoms with van der Waals surface area (Å²) in [5.41, 5.74) is 7.26. The van der Waals surface area contributed by atoms with Gasteiger partial charge in [0, 0.05) is 18.0 Å². The fraction of sp³-hybridized carbons (Fsp3) is 0.0208. The van der Waals surface area contributed by atoms with Gasteiger partial charge in [0.25, 0.3) is 0 Å². The maximum absolute atomic E-state index is 4.42. The summed E-state index contributed by atoms with van der Waals surface area (Å²) in [7, 11) is 0. The zero-order valence-electron chi connectivity index (χ0n) is 27.3. The Morgan fingerprint density at radius 3 is 2.04 bits per heavy atom. The van der Waals surface area contributed by atoms with E-state index in [0.717, 1.165) is 5.56 Å². The van der Waals surface area contributed by atoms with E-state index < -0.39 is 0 Å². The van der Waals surface area contributed by atoms with Crippen molar-refractivity contribution in [2.45, 2.75) is 6.92 Å². The fourth-order valence-corrected chi connectivity index (χ4v) is 7.86. The molecule has 1 aromatic heterocycles. The second kappa shape index (κ2) is 11.7. The Kier molecular flexibility index (Phi) is 6.92. The number of fused-ring (bicyclic) bond motifs is 10. The Labute approximate surface area is 285 Å². The monoisotopic (exact) mass is 623 g/mol. The van der Waals surface area contributed by atoms with Crippen LogP contribution in [0.2, 0.25) is 0 Å². The molecule has 9 aromatic rings. The molecule has 0 aliphatic heterocycles.